The highest BCUT2D eigenvalue weighted by molar-refractivity contribution is 6.30. The van der Waals surface area contributed by atoms with Crippen molar-refractivity contribution in [1.82, 2.24) is 30.0 Å². The second-order valence-corrected chi connectivity index (χ2v) is 10.8. The molecule has 9 nitrogen and oxygen atoms in total. The van der Waals surface area contributed by atoms with Gasteiger partial charge in [-0.25, -0.2) is 14.5 Å². The van der Waals surface area contributed by atoms with Gasteiger partial charge in [-0.05, 0) is 62.8 Å². The monoisotopic (exact) mass is 543 g/mol. The number of anilines is 1. The maximum Gasteiger partial charge on any atom is 0.325 e. The van der Waals surface area contributed by atoms with Gasteiger partial charge in [-0.1, -0.05) is 35.9 Å². The second-order valence-electron chi connectivity index (χ2n) is 10.4. The molecule has 1 saturated carbocycles. The van der Waals surface area contributed by atoms with Crippen LogP contribution in [0.1, 0.15) is 41.7 Å². The lowest BCUT2D eigenvalue weighted by atomic mass is 9.85. The van der Waals surface area contributed by atoms with E-state index in [9.17, 15) is 9.59 Å². The minimum absolute atomic E-state index is 0.00537. The molecule has 3 aromatic heterocycles. The molecule has 2 fully saturated rings. The number of aromatic nitrogens is 4. The number of carbonyl (C=O) groups is 2. The van der Waals surface area contributed by atoms with Gasteiger partial charge in [-0.15, -0.1) is 0 Å². The van der Waals surface area contributed by atoms with Crippen LogP contribution in [0.5, 0.6) is 0 Å². The normalized spacial score (nSPS) is 24.2. The van der Waals surface area contributed by atoms with Crippen LogP contribution in [0.3, 0.4) is 0 Å². The average molecular weight is 544 g/mol. The molecule has 0 radical (unpaired) electrons. The molecule has 200 valence electrons. The molecule has 1 aliphatic heterocycles. The van der Waals surface area contributed by atoms with Crippen LogP contribution >= 0.6 is 11.6 Å². The summed E-state index contributed by atoms with van der Waals surface area (Å²) in [5.41, 5.74) is 1.95. The Kier molecular flexibility index (Phi) is 6.91. The van der Waals surface area contributed by atoms with E-state index in [-0.39, 0.29) is 30.1 Å². The van der Waals surface area contributed by atoms with Crippen molar-refractivity contribution in [3.8, 4) is 5.82 Å². The summed E-state index contributed by atoms with van der Waals surface area (Å²) in [6, 6.07) is 7.32. The number of pyridine rings is 2. The fourth-order valence-electron chi connectivity index (χ4n) is 5.82. The number of hydrogen-bond donors (Lipinski definition) is 1. The summed E-state index contributed by atoms with van der Waals surface area (Å²) in [5, 5.41) is 7.84. The molecule has 0 aromatic carbocycles. The number of nitrogens with zero attached hydrogens (tertiary/aromatic N) is 6. The van der Waals surface area contributed by atoms with Gasteiger partial charge >= 0.3 is 6.03 Å². The zero-order valence-electron chi connectivity index (χ0n) is 21.7. The Morgan fingerprint density at radius 3 is 2.59 bits per heavy atom. The number of urea groups is 1. The molecule has 2 unspecified atom stereocenters. The Balaban J connectivity index is 1.10. The van der Waals surface area contributed by atoms with E-state index in [1.807, 2.05) is 53.3 Å². The molecule has 10 heteroatoms. The summed E-state index contributed by atoms with van der Waals surface area (Å²) >= 11 is 6.05. The maximum atomic E-state index is 13.8. The third kappa shape index (κ3) is 5.06. The molecule has 0 spiro atoms. The topological polar surface area (TPSA) is 96.2 Å². The summed E-state index contributed by atoms with van der Waals surface area (Å²) in [6.45, 7) is 2.50. The number of fused-ring (bicyclic) bond motifs is 1. The lowest BCUT2D eigenvalue weighted by Crippen LogP contribution is -2.42. The van der Waals surface area contributed by atoms with E-state index in [1.54, 1.807) is 29.3 Å². The molecule has 1 saturated heterocycles. The molecule has 0 bridgehead atoms. The summed E-state index contributed by atoms with van der Waals surface area (Å²) in [6.07, 6.45) is 18.7. The predicted octanol–water partition coefficient (Wildman–Crippen LogP) is 4.72. The molecule has 3 aliphatic rings. The molecule has 2 atom stereocenters. The number of rotatable bonds is 6. The molecular formula is C29H30ClN7O2. The highest BCUT2D eigenvalue weighted by Crippen LogP contribution is 2.35. The van der Waals surface area contributed by atoms with Crippen molar-refractivity contribution in [3.05, 3.63) is 89.6 Å². The number of nitrogens with one attached hydrogen (secondary N) is 1. The van der Waals surface area contributed by atoms with Gasteiger partial charge in [0, 0.05) is 31.2 Å². The minimum atomic E-state index is -0.134. The third-order valence-corrected chi connectivity index (χ3v) is 8.08. The Bertz CT molecular complexity index is 1410. The summed E-state index contributed by atoms with van der Waals surface area (Å²) in [4.78, 5) is 39.1. The van der Waals surface area contributed by atoms with Gasteiger partial charge in [0.25, 0.3) is 5.91 Å². The Hall–Kier alpha value is -3.98. The molecule has 1 N–H and O–H groups in total. The third-order valence-electron chi connectivity index (χ3n) is 7.87. The van der Waals surface area contributed by atoms with E-state index in [2.05, 4.69) is 32.5 Å². The predicted molar refractivity (Wildman–Crippen MR) is 149 cm³/mol. The largest absolute Gasteiger partial charge is 0.349 e. The van der Waals surface area contributed by atoms with Crippen LogP contribution in [0, 0.1) is 12.8 Å². The first-order valence-corrected chi connectivity index (χ1v) is 13.7. The number of aryl methyl sites for hydroxylation is 1. The Labute approximate surface area is 232 Å². The number of halogens is 1. The molecule has 4 heterocycles. The summed E-state index contributed by atoms with van der Waals surface area (Å²) in [5.74, 6) is 0.941. The number of allylic oxidation sites excluding steroid dienone is 2. The van der Waals surface area contributed by atoms with Crippen molar-refractivity contribution in [2.75, 3.05) is 11.4 Å². The van der Waals surface area contributed by atoms with Crippen LogP contribution in [0.15, 0.2) is 73.4 Å². The van der Waals surface area contributed by atoms with Gasteiger partial charge in [-0.3, -0.25) is 14.7 Å². The molecule has 39 heavy (non-hydrogen) atoms. The first-order chi connectivity index (χ1) is 19.0. The van der Waals surface area contributed by atoms with E-state index < -0.39 is 0 Å². The molecular weight excluding hydrogens is 514 g/mol. The van der Waals surface area contributed by atoms with Gasteiger partial charge in [0.2, 0.25) is 0 Å². The van der Waals surface area contributed by atoms with Crippen LogP contribution in [-0.2, 0) is 0 Å². The first kappa shape index (κ1) is 25.3. The van der Waals surface area contributed by atoms with Crippen molar-refractivity contribution in [1.29, 1.82) is 0 Å². The van der Waals surface area contributed by atoms with E-state index in [4.69, 9.17) is 11.6 Å². The number of amides is 3. The molecule has 3 aromatic rings. The van der Waals surface area contributed by atoms with Crippen LogP contribution in [-0.4, -0.2) is 61.3 Å². The van der Waals surface area contributed by atoms with Crippen LogP contribution in [0.2, 0.25) is 5.02 Å². The molecule has 3 amide bonds. The lowest BCUT2D eigenvalue weighted by Gasteiger charge is -2.33. The fraction of sp³-hybridized carbons (Fsp3) is 0.345. The van der Waals surface area contributed by atoms with Gasteiger partial charge < -0.3 is 10.2 Å². The number of carbonyl (C=O) groups excluding carboxylic acids is 2. The first-order valence-electron chi connectivity index (χ1n) is 13.3. The van der Waals surface area contributed by atoms with Gasteiger partial charge in [0.15, 0.2) is 5.82 Å². The van der Waals surface area contributed by atoms with Crippen molar-refractivity contribution >= 4 is 29.2 Å². The second kappa shape index (κ2) is 10.6. The molecule has 6 rings (SSSR count). The van der Waals surface area contributed by atoms with Crippen molar-refractivity contribution in [3.63, 3.8) is 0 Å². The van der Waals surface area contributed by atoms with Gasteiger partial charge in [0.05, 0.1) is 40.2 Å². The smallest absolute Gasteiger partial charge is 0.325 e. The highest BCUT2D eigenvalue weighted by atomic mass is 35.5. The zero-order chi connectivity index (χ0) is 26.9. The van der Waals surface area contributed by atoms with Gasteiger partial charge in [-0.2, -0.15) is 5.10 Å². The summed E-state index contributed by atoms with van der Waals surface area (Å²) in [7, 11) is 0. The SMILES string of the molecule is Cc1ncc(Cl)cc1C(=O)NC1CCC(CN2C(=O)N(c3ccc(-n4cccn4)nc3)C3C=CC=CC32)CC1. The number of hydrogen-bond acceptors (Lipinski definition) is 5. The Morgan fingerprint density at radius 1 is 1.08 bits per heavy atom. The van der Waals surface area contributed by atoms with E-state index in [0.717, 1.165) is 31.4 Å². The van der Waals surface area contributed by atoms with Crippen LogP contribution in [0.4, 0.5) is 10.5 Å². The van der Waals surface area contributed by atoms with E-state index >= 15 is 0 Å². The van der Waals surface area contributed by atoms with Crippen LogP contribution in [0.25, 0.3) is 5.82 Å². The quantitative estimate of drug-likeness (QED) is 0.485. The van der Waals surface area contributed by atoms with Gasteiger partial charge in [0.1, 0.15) is 0 Å². The van der Waals surface area contributed by atoms with Crippen molar-refractivity contribution < 1.29 is 9.59 Å². The highest BCUT2D eigenvalue weighted by Gasteiger charge is 2.45. The standard InChI is InChI=1S/C29H30ClN7O2/c1-19-24(15-21(30)16-31-19)28(38)34-22-9-7-20(8-10-22)18-35-25-5-2-3-6-26(25)37(29(35)39)23-11-12-27(32-17-23)36-14-4-13-33-36/h2-6,11-17,20,22,25-26H,7-10,18H2,1H3,(H,34,38). The van der Waals surface area contributed by atoms with Crippen LogP contribution < -0.4 is 10.2 Å². The lowest BCUT2D eigenvalue weighted by molar-refractivity contribution is 0.0917. The molecule has 2 aliphatic carbocycles. The van der Waals surface area contributed by atoms with Crippen molar-refractivity contribution in [2.24, 2.45) is 5.92 Å². The Morgan fingerprint density at radius 2 is 1.87 bits per heavy atom. The fourth-order valence-corrected chi connectivity index (χ4v) is 5.97. The summed E-state index contributed by atoms with van der Waals surface area (Å²) < 4.78 is 1.69. The minimum Gasteiger partial charge on any atom is -0.349 e. The average Bonchev–Trinajstić information content (AvgIpc) is 3.58. The van der Waals surface area contributed by atoms with E-state index in [0.29, 0.717) is 34.6 Å². The maximum absolute atomic E-state index is 13.8. The van der Waals surface area contributed by atoms with Crippen molar-refractivity contribution in [2.45, 2.75) is 50.7 Å². The van der Waals surface area contributed by atoms with E-state index in [1.165, 1.54) is 0 Å². The zero-order valence-corrected chi connectivity index (χ0v) is 22.4.